The fraction of sp³-hybridized carbons (Fsp3) is 0.303. The Balaban J connectivity index is 1.44. The number of carbonyl (C=O) groups excluding carboxylic acids is 2. The zero-order valence-electron chi connectivity index (χ0n) is 24.6. The minimum Gasteiger partial charge on any atom is -0.431 e. The molecule has 13 heteroatoms. The number of thiophene rings is 1. The molecule has 1 fully saturated rings. The number of benzene rings is 2. The largest absolute Gasteiger partial charge is 0.514 e. The summed E-state index contributed by atoms with van der Waals surface area (Å²) in [6, 6.07) is 10.3. The lowest BCUT2D eigenvalue weighted by atomic mass is 9.80. The van der Waals surface area contributed by atoms with E-state index in [9.17, 15) is 14.4 Å². The van der Waals surface area contributed by atoms with E-state index < -0.39 is 65.3 Å². The molecule has 0 saturated carbocycles. The summed E-state index contributed by atoms with van der Waals surface area (Å²) in [5, 5.41) is 3.48. The Morgan fingerprint density at radius 2 is 1.89 bits per heavy atom. The maximum Gasteiger partial charge on any atom is 0.514 e. The summed E-state index contributed by atoms with van der Waals surface area (Å²) in [5.74, 6) is -5.58. The number of fused-ring (bicyclic) bond motifs is 4. The first-order valence-corrected chi connectivity index (χ1v) is 15.7. The lowest BCUT2D eigenvalue weighted by Gasteiger charge is -2.51. The highest BCUT2D eigenvalue weighted by atomic mass is 32.1. The number of rotatable bonds is 3. The lowest BCUT2D eigenvalue weighted by molar-refractivity contribution is -0.0198. The molecule has 2 aromatic carbocycles. The first-order chi connectivity index (χ1) is 22.1. The van der Waals surface area contributed by atoms with E-state index in [1.165, 1.54) is 33.2 Å². The molecule has 1 saturated heterocycles. The lowest BCUT2D eigenvalue weighted by Crippen LogP contribution is -2.66. The predicted octanol–water partition coefficient (Wildman–Crippen LogP) is 5.81. The van der Waals surface area contributed by atoms with Gasteiger partial charge >= 0.3 is 6.16 Å². The Morgan fingerprint density at radius 3 is 2.70 bits per heavy atom. The third-order valence-electron chi connectivity index (χ3n) is 8.81. The number of halogens is 3. The van der Waals surface area contributed by atoms with Crippen molar-refractivity contribution in [3.63, 3.8) is 0 Å². The monoisotopic (exact) mass is 649 g/mol. The zero-order chi connectivity index (χ0) is 32.1. The van der Waals surface area contributed by atoms with Gasteiger partial charge in [0.25, 0.3) is 11.8 Å². The molecule has 9 nitrogen and oxygen atoms in total. The summed E-state index contributed by atoms with van der Waals surface area (Å²) in [6.07, 6.45) is -1.72. The predicted molar refractivity (Wildman–Crippen MR) is 161 cm³/mol. The molecular formula is C33H26F3N3O6S. The highest BCUT2D eigenvalue weighted by Gasteiger charge is 2.50. The van der Waals surface area contributed by atoms with E-state index in [2.05, 4.69) is 0 Å². The van der Waals surface area contributed by atoms with Gasteiger partial charge in [-0.15, -0.1) is 11.3 Å². The van der Waals surface area contributed by atoms with Gasteiger partial charge in [0.15, 0.2) is 5.69 Å². The van der Waals surface area contributed by atoms with Crippen molar-refractivity contribution in [2.24, 2.45) is 0 Å². The van der Waals surface area contributed by atoms with Crippen LogP contribution >= 0.6 is 11.3 Å². The number of carbonyl (C=O) groups is 2. The molecule has 236 valence electrons. The summed E-state index contributed by atoms with van der Waals surface area (Å²) in [4.78, 5) is 42.1. The second-order valence-corrected chi connectivity index (χ2v) is 12.8. The van der Waals surface area contributed by atoms with Crippen LogP contribution in [0.5, 0.6) is 5.75 Å². The van der Waals surface area contributed by atoms with E-state index >= 15 is 13.2 Å². The number of pyridine rings is 1. The van der Waals surface area contributed by atoms with Gasteiger partial charge in [0, 0.05) is 41.2 Å². The maximum absolute atomic E-state index is 15.8. The van der Waals surface area contributed by atoms with Crippen LogP contribution in [0.1, 0.15) is 52.6 Å². The molecule has 2 aliphatic carbocycles. The summed E-state index contributed by atoms with van der Waals surface area (Å²) < 4.78 is 65.0. The van der Waals surface area contributed by atoms with Crippen LogP contribution in [0.25, 0.3) is 21.6 Å². The molecule has 0 spiro atoms. The topological polar surface area (TPSA) is 90.3 Å². The quantitative estimate of drug-likeness (QED) is 0.259. The number of nitrogens with zero attached hydrogens (tertiary/aromatic N) is 3. The van der Waals surface area contributed by atoms with Gasteiger partial charge in [0.2, 0.25) is 11.2 Å². The molecule has 4 heterocycles. The van der Waals surface area contributed by atoms with Crippen molar-refractivity contribution in [2.45, 2.75) is 44.5 Å². The van der Waals surface area contributed by atoms with E-state index in [4.69, 9.17) is 14.2 Å². The molecule has 0 radical (unpaired) electrons. The van der Waals surface area contributed by atoms with Crippen molar-refractivity contribution in [3.05, 3.63) is 98.0 Å². The fourth-order valence-electron chi connectivity index (χ4n) is 7.08. The van der Waals surface area contributed by atoms with Crippen molar-refractivity contribution in [3.8, 4) is 27.3 Å². The first kappa shape index (κ1) is 28.8. The van der Waals surface area contributed by atoms with Gasteiger partial charge in [0.1, 0.15) is 12.0 Å². The Labute approximate surface area is 264 Å². The van der Waals surface area contributed by atoms with E-state index in [0.29, 0.717) is 22.3 Å². The number of morpholine rings is 1. The molecule has 2 atom stereocenters. The van der Waals surface area contributed by atoms with E-state index in [0.717, 1.165) is 22.6 Å². The van der Waals surface area contributed by atoms with Crippen LogP contribution in [0.2, 0.25) is 0 Å². The minimum absolute atomic E-state index is 0.0497. The van der Waals surface area contributed by atoms with Gasteiger partial charge < -0.3 is 19.1 Å². The van der Waals surface area contributed by atoms with E-state index in [1.807, 2.05) is 24.3 Å². The molecule has 4 aliphatic rings. The van der Waals surface area contributed by atoms with Crippen LogP contribution in [0.3, 0.4) is 0 Å². The average molecular weight is 650 g/mol. The highest BCUT2D eigenvalue weighted by molar-refractivity contribution is 7.14. The first-order valence-electron chi connectivity index (χ1n) is 14.8. The zero-order valence-corrected chi connectivity index (χ0v) is 25.4. The fourth-order valence-corrected chi connectivity index (χ4v) is 8.21. The van der Waals surface area contributed by atoms with Gasteiger partial charge in [-0.1, -0.05) is 30.3 Å². The third kappa shape index (κ3) is 4.07. The molecule has 2 aromatic heterocycles. The van der Waals surface area contributed by atoms with Crippen LogP contribution in [-0.4, -0.2) is 53.7 Å². The SMILES string of the molecule is CC(C)OC(=O)Oc1c2n(ccc1=O)N([C@@H]1c3ccccc3-c3scc4c3-c3c1ccc(F)c3C(F)(F)C4)[C@@H]1COCCN1C2=O. The highest BCUT2D eigenvalue weighted by Crippen LogP contribution is 2.58. The molecule has 8 rings (SSSR count). The van der Waals surface area contributed by atoms with Crippen molar-refractivity contribution < 1.29 is 37.0 Å². The minimum atomic E-state index is -3.47. The second-order valence-electron chi connectivity index (χ2n) is 11.9. The molecular weight excluding hydrogens is 623 g/mol. The van der Waals surface area contributed by atoms with Gasteiger partial charge in [0.05, 0.1) is 30.9 Å². The van der Waals surface area contributed by atoms with Crippen LogP contribution in [0, 0.1) is 5.82 Å². The average Bonchev–Trinajstić information content (AvgIpc) is 3.38. The molecule has 46 heavy (non-hydrogen) atoms. The van der Waals surface area contributed by atoms with Gasteiger partial charge in [-0.3, -0.25) is 19.3 Å². The second kappa shape index (κ2) is 10.2. The van der Waals surface area contributed by atoms with Gasteiger partial charge in [-0.25, -0.2) is 18.0 Å². The number of aromatic nitrogens is 1. The van der Waals surface area contributed by atoms with E-state index in [1.54, 1.807) is 24.2 Å². The Hall–Kier alpha value is -4.62. The summed E-state index contributed by atoms with van der Waals surface area (Å²) in [5.41, 5.74) is 1.37. The van der Waals surface area contributed by atoms with E-state index in [-0.39, 0.29) is 31.0 Å². The summed E-state index contributed by atoms with van der Waals surface area (Å²) in [7, 11) is 0. The smallest absolute Gasteiger partial charge is 0.431 e. The van der Waals surface area contributed by atoms with Crippen molar-refractivity contribution in [2.75, 3.05) is 24.8 Å². The van der Waals surface area contributed by atoms with Gasteiger partial charge in [-0.05, 0) is 47.5 Å². The number of hydrogen-bond acceptors (Lipinski definition) is 8. The Bertz CT molecular complexity index is 2020. The van der Waals surface area contributed by atoms with Crippen LogP contribution in [0.4, 0.5) is 18.0 Å². The Morgan fingerprint density at radius 1 is 1.09 bits per heavy atom. The van der Waals surface area contributed by atoms with Crippen molar-refractivity contribution in [1.82, 2.24) is 9.58 Å². The maximum atomic E-state index is 15.8. The van der Waals surface area contributed by atoms with Crippen LogP contribution in [-0.2, 0) is 21.8 Å². The number of ether oxygens (including phenoxy) is 3. The number of alkyl halides is 2. The van der Waals surface area contributed by atoms with Crippen molar-refractivity contribution >= 4 is 23.4 Å². The number of amides is 1. The number of hydrogen-bond donors (Lipinski definition) is 0. The summed E-state index contributed by atoms with van der Waals surface area (Å²) >= 11 is 1.33. The Kier molecular flexibility index (Phi) is 6.39. The summed E-state index contributed by atoms with van der Waals surface area (Å²) in [6.45, 7) is 3.62. The standard InChI is InChI=1S/C33H26F3N3O6S/c1-16(2)44-32(42)45-29-22(40)9-10-38-28(29)31(41)37-11-12-43-14-23(37)39(38)27-18-5-3-4-6-19(18)30-24-17(15-46-30)13-33(35,36)26-21(34)8-7-20(27)25(24)26/h3-10,15-16,23,27H,11-14H2,1-2H3/t23-,27-/m1/s1. The molecule has 0 N–H and O–H groups in total. The van der Waals surface area contributed by atoms with Crippen LogP contribution in [0.15, 0.2) is 58.8 Å². The molecule has 4 aromatic rings. The molecule has 1 amide bonds. The van der Waals surface area contributed by atoms with Crippen molar-refractivity contribution in [1.29, 1.82) is 0 Å². The third-order valence-corrected chi connectivity index (χ3v) is 9.88. The normalized spacial score (nSPS) is 20.3. The molecule has 0 bridgehead atoms. The molecule has 2 aliphatic heterocycles. The van der Waals surface area contributed by atoms with Crippen LogP contribution < -0.4 is 15.2 Å². The molecule has 0 unspecified atom stereocenters. The van der Waals surface area contributed by atoms with Gasteiger partial charge in [-0.2, -0.15) is 0 Å².